The number of hydrogen-bond donors (Lipinski definition) is 2. The Labute approximate surface area is 190 Å². The topological polar surface area (TPSA) is 97.4 Å². The number of ether oxygens (including phenoxy) is 1. The van der Waals surface area contributed by atoms with Crippen LogP contribution in [0.1, 0.15) is 11.1 Å². The van der Waals surface area contributed by atoms with Gasteiger partial charge in [0.15, 0.2) is 5.13 Å². The van der Waals surface area contributed by atoms with Crippen LogP contribution in [-0.4, -0.2) is 26.4 Å². The number of methoxy groups -OCH3 is 1. The molecule has 164 valence electrons. The zero-order valence-corrected chi connectivity index (χ0v) is 19.1. The van der Waals surface area contributed by atoms with Crippen LogP contribution in [0.3, 0.4) is 0 Å². The van der Waals surface area contributed by atoms with Crippen LogP contribution in [0.4, 0.5) is 10.8 Å². The lowest BCUT2D eigenvalue weighted by atomic mass is 10.1. The van der Waals surface area contributed by atoms with E-state index in [-0.39, 0.29) is 22.4 Å². The Balaban J connectivity index is 1.47. The van der Waals surface area contributed by atoms with Crippen molar-refractivity contribution in [2.24, 2.45) is 0 Å². The number of hydrogen-bond acceptors (Lipinski definition) is 6. The molecule has 7 nitrogen and oxygen atoms in total. The summed E-state index contributed by atoms with van der Waals surface area (Å²) < 4.78 is 33.7. The summed E-state index contributed by atoms with van der Waals surface area (Å²) in [4.78, 5) is 17.0. The maximum absolute atomic E-state index is 12.6. The summed E-state index contributed by atoms with van der Waals surface area (Å²) in [5, 5.41) is 3.13. The molecule has 0 bridgehead atoms. The maximum atomic E-state index is 12.6. The number of fused-ring (bicyclic) bond motifs is 1. The fourth-order valence-corrected chi connectivity index (χ4v) is 5.25. The molecule has 2 N–H and O–H groups in total. The van der Waals surface area contributed by atoms with Crippen molar-refractivity contribution in [2.75, 3.05) is 17.1 Å². The Morgan fingerprint density at radius 1 is 1.06 bits per heavy atom. The molecule has 0 saturated carbocycles. The Morgan fingerprint density at radius 2 is 1.84 bits per heavy atom. The molecule has 1 heterocycles. The largest absolute Gasteiger partial charge is 0.497 e. The first-order valence-electron chi connectivity index (χ1n) is 9.75. The Morgan fingerprint density at radius 3 is 2.59 bits per heavy atom. The van der Waals surface area contributed by atoms with Crippen molar-refractivity contribution in [3.63, 3.8) is 0 Å². The van der Waals surface area contributed by atoms with Crippen molar-refractivity contribution >= 4 is 48.3 Å². The normalized spacial score (nSPS) is 11.3. The minimum atomic E-state index is -3.73. The van der Waals surface area contributed by atoms with E-state index in [4.69, 9.17) is 4.74 Å². The predicted octanol–water partition coefficient (Wildman–Crippen LogP) is 4.60. The van der Waals surface area contributed by atoms with Crippen molar-refractivity contribution in [1.29, 1.82) is 0 Å². The van der Waals surface area contributed by atoms with Crippen LogP contribution < -0.4 is 14.8 Å². The van der Waals surface area contributed by atoms with Crippen LogP contribution in [-0.2, 0) is 21.2 Å². The predicted molar refractivity (Wildman–Crippen MR) is 127 cm³/mol. The van der Waals surface area contributed by atoms with Gasteiger partial charge in [-0.3, -0.25) is 9.52 Å². The summed E-state index contributed by atoms with van der Waals surface area (Å²) >= 11 is 1.20. The zero-order valence-electron chi connectivity index (χ0n) is 17.5. The van der Waals surface area contributed by atoms with Gasteiger partial charge in [0, 0.05) is 5.69 Å². The number of anilines is 2. The molecule has 3 aromatic carbocycles. The second kappa shape index (κ2) is 8.97. The number of thiazole rings is 1. The van der Waals surface area contributed by atoms with Crippen LogP contribution in [0.5, 0.6) is 5.75 Å². The van der Waals surface area contributed by atoms with E-state index in [0.717, 1.165) is 15.8 Å². The van der Waals surface area contributed by atoms with E-state index >= 15 is 0 Å². The van der Waals surface area contributed by atoms with Crippen molar-refractivity contribution in [2.45, 2.75) is 18.2 Å². The minimum Gasteiger partial charge on any atom is -0.497 e. The van der Waals surface area contributed by atoms with Gasteiger partial charge < -0.3 is 10.1 Å². The third-order valence-electron chi connectivity index (χ3n) is 4.72. The molecule has 4 aromatic rings. The number of carbonyl (C=O) groups excluding carboxylic acids is 1. The third kappa shape index (κ3) is 5.06. The average molecular weight is 468 g/mol. The highest BCUT2D eigenvalue weighted by molar-refractivity contribution is 7.93. The van der Waals surface area contributed by atoms with Gasteiger partial charge in [0.2, 0.25) is 5.91 Å². The number of aryl methyl sites for hydroxylation is 1. The number of nitrogens with one attached hydrogen (secondary N) is 2. The van der Waals surface area contributed by atoms with E-state index in [9.17, 15) is 13.2 Å². The van der Waals surface area contributed by atoms with E-state index in [2.05, 4.69) is 15.0 Å². The third-order valence-corrected chi connectivity index (χ3v) is 7.14. The standard InChI is InChI=1S/C23H21N3O4S2/c1-15-6-9-19(10-7-15)32(28,29)26-23-25-20-11-8-17(14-21(20)31-23)24-22(27)13-16-4-3-5-18(12-16)30-2/h3-12,14H,13H2,1-2H3,(H,24,27)(H,25,26). The molecule has 0 aliphatic heterocycles. The average Bonchev–Trinajstić information content (AvgIpc) is 3.14. The van der Waals surface area contributed by atoms with Gasteiger partial charge in [0.25, 0.3) is 10.0 Å². The SMILES string of the molecule is COc1cccc(CC(=O)Nc2ccc3nc(NS(=O)(=O)c4ccc(C)cc4)sc3c2)c1. The summed E-state index contributed by atoms with van der Waals surface area (Å²) in [6.45, 7) is 1.89. The molecule has 4 rings (SSSR count). The van der Waals surface area contributed by atoms with Gasteiger partial charge in [-0.05, 0) is 55.0 Å². The number of benzene rings is 3. The highest BCUT2D eigenvalue weighted by Crippen LogP contribution is 2.30. The van der Waals surface area contributed by atoms with Crippen LogP contribution in [0.2, 0.25) is 0 Å². The van der Waals surface area contributed by atoms with Gasteiger partial charge >= 0.3 is 0 Å². The summed E-state index contributed by atoms with van der Waals surface area (Å²) in [5.41, 5.74) is 3.07. The number of rotatable bonds is 7. The number of amides is 1. The van der Waals surface area contributed by atoms with Crippen molar-refractivity contribution in [3.8, 4) is 5.75 Å². The Bertz CT molecular complexity index is 1380. The number of sulfonamides is 1. The highest BCUT2D eigenvalue weighted by Gasteiger charge is 2.17. The molecule has 0 spiro atoms. The van der Waals surface area contributed by atoms with E-state index in [1.807, 2.05) is 31.2 Å². The fourth-order valence-electron chi connectivity index (χ4n) is 3.11. The number of nitrogens with zero attached hydrogens (tertiary/aromatic N) is 1. The molecule has 1 aromatic heterocycles. The number of carbonyl (C=O) groups is 1. The molecule has 1 amide bonds. The molecule has 9 heteroatoms. The lowest BCUT2D eigenvalue weighted by Gasteiger charge is -2.06. The zero-order chi connectivity index (χ0) is 22.7. The first kappa shape index (κ1) is 21.8. The van der Waals surface area contributed by atoms with Crippen molar-refractivity contribution < 1.29 is 17.9 Å². The van der Waals surface area contributed by atoms with Gasteiger partial charge in [-0.25, -0.2) is 13.4 Å². The fraction of sp³-hybridized carbons (Fsp3) is 0.130. The first-order valence-corrected chi connectivity index (χ1v) is 12.1. The molecule has 0 atom stereocenters. The Hall–Kier alpha value is -3.43. The Kier molecular flexibility index (Phi) is 6.11. The summed E-state index contributed by atoms with van der Waals surface area (Å²) in [7, 11) is -2.15. The van der Waals surface area contributed by atoms with E-state index in [1.54, 1.807) is 49.6 Å². The highest BCUT2D eigenvalue weighted by atomic mass is 32.2. The molecule has 0 radical (unpaired) electrons. The molecule has 0 aliphatic rings. The van der Waals surface area contributed by atoms with Gasteiger partial charge in [-0.15, -0.1) is 0 Å². The smallest absolute Gasteiger partial charge is 0.263 e. The van der Waals surface area contributed by atoms with Gasteiger partial charge in [0.05, 0.1) is 28.6 Å². The van der Waals surface area contributed by atoms with Crippen LogP contribution >= 0.6 is 11.3 Å². The molecule has 0 saturated heterocycles. The molecular formula is C23H21N3O4S2. The molecule has 32 heavy (non-hydrogen) atoms. The molecular weight excluding hydrogens is 446 g/mol. The quantitative estimate of drug-likeness (QED) is 0.414. The van der Waals surface area contributed by atoms with Gasteiger partial charge in [-0.2, -0.15) is 0 Å². The molecule has 0 fully saturated rings. The first-order chi connectivity index (χ1) is 15.3. The monoisotopic (exact) mass is 467 g/mol. The summed E-state index contributed by atoms with van der Waals surface area (Å²) in [5.74, 6) is 0.532. The van der Waals surface area contributed by atoms with Crippen LogP contribution in [0.15, 0.2) is 71.6 Å². The lowest BCUT2D eigenvalue weighted by molar-refractivity contribution is -0.115. The second-order valence-corrected chi connectivity index (χ2v) is 9.91. The van der Waals surface area contributed by atoms with Gasteiger partial charge in [0.1, 0.15) is 5.75 Å². The minimum absolute atomic E-state index is 0.164. The van der Waals surface area contributed by atoms with Crippen LogP contribution in [0.25, 0.3) is 10.2 Å². The second-order valence-electron chi connectivity index (χ2n) is 7.20. The van der Waals surface area contributed by atoms with Crippen molar-refractivity contribution in [3.05, 3.63) is 77.9 Å². The van der Waals surface area contributed by atoms with E-state index in [1.165, 1.54) is 11.3 Å². The maximum Gasteiger partial charge on any atom is 0.263 e. The van der Waals surface area contributed by atoms with Crippen molar-refractivity contribution in [1.82, 2.24) is 4.98 Å². The molecule has 0 unspecified atom stereocenters. The van der Waals surface area contributed by atoms with Gasteiger partial charge in [-0.1, -0.05) is 41.2 Å². The number of aromatic nitrogens is 1. The van der Waals surface area contributed by atoms with E-state index < -0.39 is 10.0 Å². The van der Waals surface area contributed by atoms with Crippen LogP contribution in [0, 0.1) is 6.92 Å². The summed E-state index contributed by atoms with van der Waals surface area (Å²) in [6, 6.07) is 19.2. The summed E-state index contributed by atoms with van der Waals surface area (Å²) in [6.07, 6.45) is 0.208. The molecule has 0 aliphatic carbocycles. The van der Waals surface area contributed by atoms with E-state index in [0.29, 0.717) is 17.0 Å². The lowest BCUT2D eigenvalue weighted by Crippen LogP contribution is -2.14.